The zero-order valence-electron chi connectivity index (χ0n) is 71.9. The summed E-state index contributed by atoms with van der Waals surface area (Å²) in [6.07, 6.45) is 117. The van der Waals surface area contributed by atoms with E-state index in [2.05, 4.69) is 197 Å². The molecule has 0 spiro atoms. The topological polar surface area (TPSA) is 231 Å². The summed E-state index contributed by atoms with van der Waals surface area (Å²) in [7, 11) is -9.84. The Kier molecular flexibility index (Phi) is 83.4. The van der Waals surface area contributed by atoms with Crippen LogP contribution in [0.15, 0.2) is 194 Å². The molecule has 0 rings (SSSR count). The van der Waals surface area contributed by atoms with Crippen LogP contribution in [-0.4, -0.2) is 95.9 Å². The van der Waals surface area contributed by atoms with E-state index in [1.165, 1.54) is 128 Å². The van der Waals surface area contributed by atoms with E-state index >= 15 is 0 Å². The van der Waals surface area contributed by atoms with Crippen LogP contribution in [0.3, 0.4) is 0 Å². The molecule has 0 heterocycles. The molecular weight excluding hydrogens is 1480 g/mol. The van der Waals surface area contributed by atoms with Crippen LogP contribution in [0.25, 0.3) is 0 Å². The average Bonchev–Trinajstić information content (AvgIpc) is 0.920. The fourth-order valence-electron chi connectivity index (χ4n) is 11.6. The third kappa shape index (κ3) is 89.0. The molecule has 5 atom stereocenters. The Balaban J connectivity index is 4.57. The van der Waals surface area contributed by atoms with E-state index in [-0.39, 0.29) is 19.3 Å². The summed E-state index contributed by atoms with van der Waals surface area (Å²) in [6.45, 7) is 2.33. The van der Waals surface area contributed by atoms with Crippen LogP contribution >= 0.6 is 15.6 Å². The van der Waals surface area contributed by atoms with Crippen molar-refractivity contribution in [1.29, 1.82) is 0 Å². The minimum atomic E-state index is -4.97. The number of hydrogen-bond acceptors (Lipinski definition) is 14. The van der Waals surface area contributed by atoms with Gasteiger partial charge in [0.1, 0.15) is 25.4 Å². The number of ether oxygens (including phenoxy) is 3. The van der Waals surface area contributed by atoms with Gasteiger partial charge in [0.2, 0.25) is 0 Å². The van der Waals surface area contributed by atoms with Gasteiger partial charge in [0.25, 0.3) is 0 Å². The second-order valence-corrected chi connectivity index (χ2v) is 32.2. The van der Waals surface area contributed by atoms with Crippen LogP contribution in [0.4, 0.5) is 0 Å². The normalized spacial score (nSPS) is 14.7. The van der Waals surface area contributed by atoms with Crippen LogP contribution in [0, 0.1) is 0 Å². The van der Waals surface area contributed by atoms with Gasteiger partial charge in [0, 0.05) is 19.3 Å². The highest BCUT2D eigenvalue weighted by Gasteiger charge is 2.29. The smallest absolute Gasteiger partial charge is 0.463 e. The first-order valence-corrected chi connectivity index (χ1v) is 47.7. The van der Waals surface area contributed by atoms with Crippen molar-refractivity contribution in [3.05, 3.63) is 194 Å². The van der Waals surface area contributed by atoms with Gasteiger partial charge >= 0.3 is 33.6 Å². The molecule has 0 bridgehead atoms. The zero-order chi connectivity index (χ0) is 83.6. The highest BCUT2D eigenvalue weighted by Crippen LogP contribution is 2.45. The SMILES string of the molecule is CC/C=C\C/C=C\C/C=C\C/C=C\C/C=C\C/C=C\CCCCCCCCC(=O)OCC(COP(=O)(O)OCC(O)COP(=O)(O)OCC(O)COC(=O)CCCCCCCCCCCCCCCCCCCCC/C=C\C/C=C\C/C=C\C/C=C\CCCCC)OC(=O)CC/C=C\C/C=C\C/C=C\C/C=C\C/C=C\C/C=C\CC. The van der Waals surface area contributed by atoms with E-state index in [1.807, 2.05) is 18.2 Å². The number of carbonyl (C=O) groups is 3. The van der Waals surface area contributed by atoms with Crippen molar-refractivity contribution in [2.75, 3.05) is 39.6 Å². The van der Waals surface area contributed by atoms with E-state index in [1.54, 1.807) is 0 Å². The molecule has 5 unspecified atom stereocenters. The number of hydrogen-bond donors (Lipinski definition) is 4. The number of rotatable bonds is 83. The van der Waals surface area contributed by atoms with E-state index in [0.29, 0.717) is 25.7 Å². The van der Waals surface area contributed by atoms with Gasteiger partial charge < -0.3 is 34.2 Å². The fourth-order valence-corrected chi connectivity index (χ4v) is 13.2. The standard InChI is InChI=1S/C97H160O16P2/c1-4-7-10-13-16-19-22-25-28-31-34-36-38-40-41-42-43-44-45-46-47-48-49-51-53-54-57-59-62-65-68-71-74-77-80-83-95(100)107-86-92(98)87-109-114(103,104)110-88-93(99)89-111-115(105,106)112-91-94(113-97(102)85-82-79-76-73-70-67-64-61-56-33-30-27-24-21-18-15-12-9-6-3)90-108-96(101)84-81-78-75-72-69-66-63-60-58-55-52-50-39-37-35-32-29-26-23-20-17-14-11-8-5-2/h8-9,11-12,16-21,25-30,34-37,40-41,50,52,56,58,60-61,67,70,76,79,92-94,98-99H,4-7,10,13-15,22-24,31-33,38-39,42-49,51,53-55,57,59,62-66,68-69,71-75,77-78,80-91H2,1-3H3,(H,103,104)(H,105,106)/b11-8-,12-9-,19-16-,20-17-,21-18-,28-25-,29-26-,30-27-,36-34-,37-35-,41-40-,52-50-,60-58-,61-56-,70-67-,79-76-. The van der Waals surface area contributed by atoms with Gasteiger partial charge in [-0.15, -0.1) is 0 Å². The number of allylic oxidation sites excluding steroid dienone is 32. The van der Waals surface area contributed by atoms with Gasteiger partial charge in [0.15, 0.2) is 6.10 Å². The molecule has 0 aliphatic carbocycles. The maximum absolute atomic E-state index is 13.0. The second-order valence-electron chi connectivity index (χ2n) is 29.3. The Morgan fingerprint density at radius 3 is 0.765 bits per heavy atom. The maximum atomic E-state index is 13.0. The Bertz CT molecular complexity index is 2870. The molecule has 0 aromatic carbocycles. The molecule has 0 aliphatic rings. The maximum Gasteiger partial charge on any atom is 0.472 e. The summed E-state index contributed by atoms with van der Waals surface area (Å²) in [6, 6.07) is 0. The minimum Gasteiger partial charge on any atom is -0.463 e. The van der Waals surface area contributed by atoms with E-state index in [0.717, 1.165) is 148 Å². The quantitative estimate of drug-likeness (QED) is 0.0146. The third-order valence-electron chi connectivity index (χ3n) is 18.3. The van der Waals surface area contributed by atoms with Crippen molar-refractivity contribution in [2.45, 2.75) is 360 Å². The van der Waals surface area contributed by atoms with Gasteiger partial charge in [-0.05, 0) is 154 Å². The minimum absolute atomic E-state index is 0.0315. The molecule has 16 nitrogen and oxygen atoms in total. The molecule has 0 radical (unpaired) electrons. The summed E-state index contributed by atoms with van der Waals surface area (Å²) in [5.41, 5.74) is 0. The predicted molar refractivity (Wildman–Crippen MR) is 481 cm³/mol. The van der Waals surface area contributed by atoms with Crippen molar-refractivity contribution in [3.8, 4) is 0 Å². The highest BCUT2D eigenvalue weighted by molar-refractivity contribution is 7.47. The number of carbonyl (C=O) groups excluding carboxylic acids is 3. The number of unbranched alkanes of at least 4 members (excludes halogenated alkanes) is 28. The van der Waals surface area contributed by atoms with Crippen molar-refractivity contribution in [3.63, 3.8) is 0 Å². The molecule has 4 N–H and O–H groups in total. The van der Waals surface area contributed by atoms with Crippen molar-refractivity contribution in [2.24, 2.45) is 0 Å². The lowest BCUT2D eigenvalue weighted by Gasteiger charge is -2.21. The second kappa shape index (κ2) is 87.7. The lowest BCUT2D eigenvalue weighted by atomic mass is 10.0. The molecular formula is C97H160O16P2. The molecule has 0 fully saturated rings. The van der Waals surface area contributed by atoms with Crippen molar-refractivity contribution < 1.29 is 75.8 Å². The van der Waals surface area contributed by atoms with Crippen LogP contribution in [0.5, 0.6) is 0 Å². The molecule has 115 heavy (non-hydrogen) atoms. The lowest BCUT2D eigenvalue weighted by Crippen LogP contribution is -2.29. The summed E-state index contributed by atoms with van der Waals surface area (Å²) in [5.74, 6) is -1.70. The summed E-state index contributed by atoms with van der Waals surface area (Å²) in [4.78, 5) is 58.8. The first-order valence-electron chi connectivity index (χ1n) is 44.7. The number of phosphoric acid groups is 2. The number of phosphoric ester groups is 2. The Hall–Kier alpha value is -5.61. The van der Waals surface area contributed by atoms with Crippen molar-refractivity contribution in [1.82, 2.24) is 0 Å². The first-order chi connectivity index (χ1) is 56.2. The molecule has 0 aromatic heterocycles. The Morgan fingerprint density at radius 2 is 0.478 bits per heavy atom. The molecule has 18 heteroatoms. The third-order valence-corrected chi connectivity index (χ3v) is 20.2. The Morgan fingerprint density at radius 1 is 0.252 bits per heavy atom. The van der Waals surface area contributed by atoms with Crippen LogP contribution in [0.2, 0.25) is 0 Å². The van der Waals surface area contributed by atoms with Crippen molar-refractivity contribution >= 4 is 33.6 Å². The zero-order valence-corrected chi connectivity index (χ0v) is 73.7. The number of aliphatic hydroxyl groups is 2. The number of esters is 3. The molecule has 0 saturated carbocycles. The summed E-state index contributed by atoms with van der Waals surface area (Å²) >= 11 is 0. The van der Waals surface area contributed by atoms with E-state index in [9.17, 15) is 43.5 Å². The molecule has 0 amide bonds. The lowest BCUT2D eigenvalue weighted by molar-refractivity contribution is -0.161. The van der Waals surface area contributed by atoms with Gasteiger partial charge in [-0.3, -0.25) is 32.5 Å². The van der Waals surface area contributed by atoms with Gasteiger partial charge in [0.05, 0.1) is 26.4 Å². The predicted octanol–water partition coefficient (Wildman–Crippen LogP) is 27.4. The monoisotopic (exact) mass is 1640 g/mol. The average molecular weight is 1640 g/mol. The van der Waals surface area contributed by atoms with Crippen LogP contribution < -0.4 is 0 Å². The first kappa shape index (κ1) is 109. The van der Waals surface area contributed by atoms with E-state index < -0.39 is 91.5 Å². The van der Waals surface area contributed by atoms with Gasteiger partial charge in [-0.2, -0.15) is 0 Å². The van der Waals surface area contributed by atoms with Crippen LogP contribution in [-0.2, 0) is 55.8 Å². The largest absolute Gasteiger partial charge is 0.472 e. The van der Waals surface area contributed by atoms with E-state index in [4.69, 9.17) is 32.3 Å². The number of aliphatic hydroxyl groups excluding tert-OH is 2. The molecule has 0 aliphatic heterocycles. The molecule has 0 aromatic rings. The summed E-state index contributed by atoms with van der Waals surface area (Å²) < 4.78 is 61.2. The van der Waals surface area contributed by atoms with Gasteiger partial charge in [-0.1, -0.05) is 363 Å². The summed E-state index contributed by atoms with van der Waals surface area (Å²) in [5, 5.41) is 20.7. The highest BCUT2D eigenvalue weighted by atomic mass is 31.2. The fraction of sp³-hybridized carbons (Fsp3) is 0.639. The van der Waals surface area contributed by atoms with Crippen LogP contribution in [0.1, 0.15) is 342 Å². The molecule has 0 saturated heterocycles. The molecule has 654 valence electrons. The Labute approximate surface area is 699 Å². The van der Waals surface area contributed by atoms with Gasteiger partial charge in [-0.25, -0.2) is 9.13 Å².